The van der Waals surface area contributed by atoms with E-state index < -0.39 is 11.6 Å². The lowest BCUT2D eigenvalue weighted by Gasteiger charge is -2.20. The average Bonchev–Trinajstić information content (AvgIpc) is 3.11. The zero-order valence-corrected chi connectivity index (χ0v) is 15.8. The molecule has 0 amide bonds. The molecule has 8 heteroatoms. The van der Waals surface area contributed by atoms with Gasteiger partial charge >= 0.3 is 0 Å². The number of guanidine groups is 1. The summed E-state index contributed by atoms with van der Waals surface area (Å²) >= 11 is 6.22. The van der Waals surface area contributed by atoms with Gasteiger partial charge in [0.25, 0.3) is 0 Å². The second kappa shape index (κ2) is 8.99. The molecular formula is C19H22ClF2N5. The Morgan fingerprint density at radius 2 is 2.22 bits per heavy atom. The monoisotopic (exact) mass is 393 g/mol. The van der Waals surface area contributed by atoms with E-state index in [-0.39, 0.29) is 6.04 Å². The third-order valence-corrected chi connectivity index (χ3v) is 4.79. The Labute approximate surface area is 162 Å². The number of aromatic nitrogens is 1. The van der Waals surface area contributed by atoms with E-state index in [9.17, 15) is 8.78 Å². The molecule has 2 N–H and O–H groups in total. The maximum atomic E-state index is 13.7. The molecule has 0 bridgehead atoms. The van der Waals surface area contributed by atoms with Crippen LogP contribution in [0.4, 0.5) is 14.6 Å². The van der Waals surface area contributed by atoms with Crippen LogP contribution in [-0.4, -0.2) is 43.7 Å². The van der Waals surface area contributed by atoms with E-state index in [2.05, 4.69) is 25.5 Å². The smallest absolute Gasteiger partial charge is 0.191 e. The highest BCUT2D eigenvalue weighted by atomic mass is 35.5. The summed E-state index contributed by atoms with van der Waals surface area (Å²) in [6, 6.07) is 7.48. The van der Waals surface area contributed by atoms with Crippen LogP contribution in [0, 0.1) is 11.6 Å². The zero-order valence-electron chi connectivity index (χ0n) is 15.1. The molecule has 5 nitrogen and oxygen atoms in total. The molecule has 3 rings (SSSR count). The van der Waals surface area contributed by atoms with E-state index >= 15 is 0 Å². The lowest BCUT2D eigenvalue weighted by atomic mass is 10.1. The molecule has 0 saturated carbocycles. The summed E-state index contributed by atoms with van der Waals surface area (Å²) in [5.41, 5.74) is 0.469. The average molecular weight is 394 g/mol. The van der Waals surface area contributed by atoms with Crippen molar-refractivity contribution in [2.75, 3.05) is 31.6 Å². The minimum absolute atomic E-state index is 0.205. The van der Waals surface area contributed by atoms with E-state index in [1.807, 2.05) is 12.1 Å². The Morgan fingerprint density at radius 1 is 1.37 bits per heavy atom. The number of nitrogens with zero attached hydrogens (tertiary/aromatic N) is 3. The predicted octanol–water partition coefficient (Wildman–Crippen LogP) is 3.00. The second-order valence-electron chi connectivity index (χ2n) is 6.37. The van der Waals surface area contributed by atoms with Gasteiger partial charge in [-0.25, -0.2) is 13.8 Å². The van der Waals surface area contributed by atoms with E-state index in [0.717, 1.165) is 31.4 Å². The molecule has 0 radical (unpaired) electrons. The van der Waals surface area contributed by atoms with Gasteiger partial charge in [0.15, 0.2) is 5.96 Å². The molecule has 1 fully saturated rings. The van der Waals surface area contributed by atoms with Crippen molar-refractivity contribution in [3.8, 4) is 0 Å². The first kappa shape index (κ1) is 19.4. The summed E-state index contributed by atoms with van der Waals surface area (Å²) in [5, 5.41) is 7.18. The Kier molecular flexibility index (Phi) is 6.45. The van der Waals surface area contributed by atoms with Crippen molar-refractivity contribution in [1.82, 2.24) is 15.6 Å². The van der Waals surface area contributed by atoms with Gasteiger partial charge in [0, 0.05) is 45.0 Å². The molecule has 1 saturated heterocycles. The number of hydrogen-bond acceptors (Lipinski definition) is 3. The van der Waals surface area contributed by atoms with Gasteiger partial charge in [-0.1, -0.05) is 17.7 Å². The number of halogens is 3. The molecule has 1 aromatic carbocycles. The van der Waals surface area contributed by atoms with Crippen LogP contribution in [-0.2, 0) is 6.42 Å². The molecule has 2 aromatic rings. The summed E-state index contributed by atoms with van der Waals surface area (Å²) in [5.74, 6) is 0.341. The number of nitrogens with one attached hydrogen (secondary N) is 2. The first-order valence-electron chi connectivity index (χ1n) is 8.83. The highest BCUT2D eigenvalue weighted by Crippen LogP contribution is 2.25. The SMILES string of the molecule is CN=C(NCCc1ccc(F)cc1F)NC1CCN(c2ncccc2Cl)C1. The fourth-order valence-corrected chi connectivity index (χ4v) is 3.35. The number of anilines is 1. The van der Waals surface area contributed by atoms with Crippen molar-refractivity contribution in [2.45, 2.75) is 18.9 Å². The first-order valence-corrected chi connectivity index (χ1v) is 9.21. The molecule has 1 aliphatic rings. The number of pyridine rings is 1. The summed E-state index contributed by atoms with van der Waals surface area (Å²) < 4.78 is 26.6. The van der Waals surface area contributed by atoms with Gasteiger partial charge in [-0.2, -0.15) is 0 Å². The van der Waals surface area contributed by atoms with Crippen LogP contribution in [0.15, 0.2) is 41.5 Å². The topological polar surface area (TPSA) is 52.6 Å². The molecular weight excluding hydrogens is 372 g/mol. The van der Waals surface area contributed by atoms with Gasteiger partial charge in [-0.15, -0.1) is 0 Å². The van der Waals surface area contributed by atoms with Crippen LogP contribution < -0.4 is 15.5 Å². The summed E-state index contributed by atoms with van der Waals surface area (Å²) in [4.78, 5) is 10.7. The van der Waals surface area contributed by atoms with E-state index in [0.29, 0.717) is 29.5 Å². The molecule has 0 aliphatic carbocycles. The van der Waals surface area contributed by atoms with Crippen molar-refractivity contribution in [1.29, 1.82) is 0 Å². The normalized spacial score (nSPS) is 17.3. The molecule has 27 heavy (non-hydrogen) atoms. The second-order valence-corrected chi connectivity index (χ2v) is 6.78. The highest BCUT2D eigenvalue weighted by molar-refractivity contribution is 6.32. The first-order chi connectivity index (χ1) is 13.1. The number of benzene rings is 1. The molecule has 1 aromatic heterocycles. The maximum absolute atomic E-state index is 13.7. The van der Waals surface area contributed by atoms with Crippen LogP contribution >= 0.6 is 11.6 Å². The van der Waals surface area contributed by atoms with Gasteiger partial charge in [0.05, 0.1) is 5.02 Å². The molecule has 144 valence electrons. The largest absolute Gasteiger partial charge is 0.356 e. The minimum atomic E-state index is -0.569. The maximum Gasteiger partial charge on any atom is 0.191 e. The Morgan fingerprint density at radius 3 is 2.96 bits per heavy atom. The lowest BCUT2D eigenvalue weighted by molar-refractivity contribution is 0.570. The third-order valence-electron chi connectivity index (χ3n) is 4.49. The fraction of sp³-hybridized carbons (Fsp3) is 0.368. The zero-order chi connectivity index (χ0) is 19.2. The van der Waals surface area contributed by atoms with Crippen LogP contribution in [0.1, 0.15) is 12.0 Å². The van der Waals surface area contributed by atoms with Gasteiger partial charge in [-0.05, 0) is 36.6 Å². The van der Waals surface area contributed by atoms with Crippen molar-refractivity contribution in [2.24, 2.45) is 4.99 Å². The highest BCUT2D eigenvalue weighted by Gasteiger charge is 2.25. The van der Waals surface area contributed by atoms with Crippen molar-refractivity contribution in [3.63, 3.8) is 0 Å². The molecule has 1 aliphatic heterocycles. The van der Waals surface area contributed by atoms with Gasteiger partial charge in [-0.3, -0.25) is 4.99 Å². The minimum Gasteiger partial charge on any atom is -0.356 e. The Balaban J connectivity index is 1.49. The Bertz CT molecular complexity index is 814. The van der Waals surface area contributed by atoms with Crippen molar-refractivity contribution >= 4 is 23.4 Å². The van der Waals surface area contributed by atoms with Crippen LogP contribution in [0.5, 0.6) is 0 Å². The molecule has 1 unspecified atom stereocenters. The van der Waals surface area contributed by atoms with Gasteiger partial charge < -0.3 is 15.5 Å². The summed E-state index contributed by atoms with van der Waals surface area (Å²) in [7, 11) is 1.69. The van der Waals surface area contributed by atoms with E-state index in [1.54, 1.807) is 13.2 Å². The quantitative estimate of drug-likeness (QED) is 0.605. The summed E-state index contributed by atoms with van der Waals surface area (Å²) in [6.45, 7) is 2.11. The number of rotatable bonds is 5. The van der Waals surface area contributed by atoms with E-state index in [4.69, 9.17) is 11.6 Å². The Hall–Kier alpha value is -2.41. The summed E-state index contributed by atoms with van der Waals surface area (Å²) in [6.07, 6.45) is 3.10. The number of aliphatic imine (C=N–C) groups is 1. The van der Waals surface area contributed by atoms with Gasteiger partial charge in [0.2, 0.25) is 0 Å². The van der Waals surface area contributed by atoms with Crippen molar-refractivity contribution in [3.05, 3.63) is 58.7 Å². The molecule has 0 spiro atoms. The van der Waals surface area contributed by atoms with Crippen molar-refractivity contribution < 1.29 is 8.78 Å². The third kappa shape index (κ3) is 5.07. The number of hydrogen-bond donors (Lipinski definition) is 2. The van der Waals surface area contributed by atoms with Crippen LogP contribution in [0.25, 0.3) is 0 Å². The molecule has 1 atom stereocenters. The predicted molar refractivity (Wildman–Crippen MR) is 104 cm³/mol. The van der Waals surface area contributed by atoms with Crippen LogP contribution in [0.3, 0.4) is 0 Å². The standard InChI is InChI=1S/C19H22ClF2N5/c1-23-19(25-9-6-13-4-5-14(21)11-17(13)22)26-15-7-10-27(12-15)18-16(20)3-2-8-24-18/h2-5,8,11,15H,6-7,9-10,12H2,1H3,(H2,23,25,26). The van der Waals surface area contributed by atoms with E-state index in [1.165, 1.54) is 12.1 Å². The van der Waals surface area contributed by atoms with Crippen LogP contribution in [0.2, 0.25) is 5.02 Å². The fourth-order valence-electron chi connectivity index (χ4n) is 3.11. The molecule has 2 heterocycles. The lowest BCUT2D eigenvalue weighted by Crippen LogP contribution is -2.45. The van der Waals surface area contributed by atoms with Gasteiger partial charge in [0.1, 0.15) is 17.5 Å².